The highest BCUT2D eigenvalue weighted by Gasteiger charge is 2.41. The van der Waals surface area contributed by atoms with Gasteiger partial charge in [-0.15, -0.1) is 0 Å². The van der Waals surface area contributed by atoms with Gasteiger partial charge >= 0.3 is 5.97 Å². The third kappa shape index (κ3) is 3.84. The smallest absolute Gasteiger partial charge is 0.328 e. The number of ether oxygens (including phenoxy) is 3. The zero-order valence-electron chi connectivity index (χ0n) is 18.6. The van der Waals surface area contributed by atoms with Gasteiger partial charge in [0.15, 0.2) is 0 Å². The predicted octanol–water partition coefficient (Wildman–Crippen LogP) is 2.20. The van der Waals surface area contributed by atoms with Gasteiger partial charge in [0, 0.05) is 30.8 Å². The van der Waals surface area contributed by atoms with Gasteiger partial charge in [-0.1, -0.05) is 6.58 Å². The van der Waals surface area contributed by atoms with Crippen molar-refractivity contribution in [1.82, 2.24) is 19.4 Å². The molecule has 1 amide bonds. The molecule has 4 rings (SSSR count). The number of nitrogens with two attached hydrogens (primary N) is 1. The number of nitrogen functional groups attached to an aromatic ring is 1. The minimum Gasteiger partial charge on any atom is -0.497 e. The van der Waals surface area contributed by atoms with Crippen molar-refractivity contribution in [2.45, 2.75) is 18.5 Å². The molecule has 172 valence electrons. The Morgan fingerprint density at radius 1 is 1.15 bits per heavy atom. The van der Waals surface area contributed by atoms with E-state index in [1.165, 1.54) is 24.4 Å². The van der Waals surface area contributed by atoms with Crippen LogP contribution in [0.1, 0.15) is 12.5 Å². The van der Waals surface area contributed by atoms with Crippen LogP contribution in [0.2, 0.25) is 0 Å². The number of hydrogen-bond donors (Lipinski definition) is 1. The number of carbonyl (C=O) groups excluding carboxylic acids is 2. The lowest BCUT2D eigenvalue weighted by molar-refractivity contribution is -0.149. The largest absolute Gasteiger partial charge is 0.497 e. The third-order valence-electron chi connectivity index (χ3n) is 5.90. The van der Waals surface area contributed by atoms with Gasteiger partial charge in [-0.3, -0.25) is 4.79 Å². The van der Waals surface area contributed by atoms with E-state index < -0.39 is 12.0 Å². The van der Waals surface area contributed by atoms with Crippen LogP contribution in [0.25, 0.3) is 22.2 Å². The van der Waals surface area contributed by atoms with Gasteiger partial charge in [0.1, 0.15) is 35.3 Å². The molecule has 0 bridgehead atoms. The zero-order valence-corrected chi connectivity index (χ0v) is 18.6. The molecule has 0 radical (unpaired) electrons. The summed E-state index contributed by atoms with van der Waals surface area (Å²) >= 11 is 0. The van der Waals surface area contributed by atoms with Crippen LogP contribution < -0.4 is 15.2 Å². The molecule has 10 nitrogen and oxygen atoms in total. The second kappa shape index (κ2) is 8.81. The third-order valence-corrected chi connectivity index (χ3v) is 5.90. The van der Waals surface area contributed by atoms with Crippen LogP contribution in [0.15, 0.2) is 43.4 Å². The summed E-state index contributed by atoms with van der Waals surface area (Å²) in [6, 6.07) is 4.55. The first-order valence-corrected chi connectivity index (χ1v) is 10.3. The SMILES string of the molecule is C=CC(=O)N1C[C@@H](n2cc(-c3cc(OC)cc(OC)c3)c3c(N)ncnc32)C[C@H]1C(=O)OC. The Morgan fingerprint density at radius 2 is 1.85 bits per heavy atom. The van der Waals surface area contributed by atoms with Crippen molar-refractivity contribution in [3.05, 3.63) is 43.4 Å². The number of likely N-dealkylation sites (tertiary alicyclic amines) is 1. The maximum atomic E-state index is 12.4. The molecule has 1 aliphatic rings. The van der Waals surface area contributed by atoms with E-state index in [-0.39, 0.29) is 11.9 Å². The lowest BCUT2D eigenvalue weighted by Gasteiger charge is -2.20. The van der Waals surface area contributed by atoms with Crippen molar-refractivity contribution in [3.63, 3.8) is 0 Å². The first-order valence-electron chi connectivity index (χ1n) is 10.3. The zero-order chi connectivity index (χ0) is 23.7. The molecule has 3 aromatic rings. The normalized spacial score (nSPS) is 17.7. The summed E-state index contributed by atoms with van der Waals surface area (Å²) in [5.41, 5.74) is 8.45. The molecule has 0 spiro atoms. The number of benzene rings is 1. The molecule has 1 aliphatic heterocycles. The topological polar surface area (TPSA) is 122 Å². The molecular weight excluding hydrogens is 426 g/mol. The van der Waals surface area contributed by atoms with Crippen LogP contribution in [0, 0.1) is 0 Å². The molecule has 33 heavy (non-hydrogen) atoms. The molecule has 0 saturated carbocycles. The van der Waals surface area contributed by atoms with Crippen LogP contribution in [0.3, 0.4) is 0 Å². The average molecular weight is 451 g/mol. The number of anilines is 1. The van der Waals surface area contributed by atoms with Crippen molar-refractivity contribution in [2.75, 3.05) is 33.6 Å². The van der Waals surface area contributed by atoms with Crippen molar-refractivity contribution in [1.29, 1.82) is 0 Å². The summed E-state index contributed by atoms with van der Waals surface area (Å²) in [4.78, 5) is 34.9. The minimum atomic E-state index is -0.720. The monoisotopic (exact) mass is 451 g/mol. The van der Waals surface area contributed by atoms with E-state index in [0.29, 0.717) is 41.3 Å². The van der Waals surface area contributed by atoms with E-state index in [1.807, 2.05) is 22.9 Å². The molecule has 0 unspecified atom stereocenters. The number of aromatic nitrogens is 3. The molecule has 2 N–H and O–H groups in total. The van der Waals surface area contributed by atoms with Gasteiger partial charge < -0.3 is 29.4 Å². The highest BCUT2D eigenvalue weighted by Crippen LogP contribution is 2.40. The molecular formula is C23H25N5O5. The van der Waals surface area contributed by atoms with E-state index in [0.717, 1.165) is 11.1 Å². The number of fused-ring (bicyclic) bond motifs is 1. The summed E-state index contributed by atoms with van der Waals surface area (Å²) in [6.07, 6.45) is 4.86. The van der Waals surface area contributed by atoms with Crippen molar-refractivity contribution < 1.29 is 23.8 Å². The van der Waals surface area contributed by atoms with Crippen molar-refractivity contribution in [2.24, 2.45) is 0 Å². The van der Waals surface area contributed by atoms with Crippen molar-refractivity contribution in [3.8, 4) is 22.6 Å². The maximum absolute atomic E-state index is 12.4. The lowest BCUT2D eigenvalue weighted by Crippen LogP contribution is -2.40. The number of nitrogens with zero attached hydrogens (tertiary/aromatic N) is 4. The fraction of sp³-hybridized carbons (Fsp3) is 0.304. The molecule has 3 heterocycles. The van der Waals surface area contributed by atoms with Gasteiger partial charge in [-0.05, 0) is 23.8 Å². The summed E-state index contributed by atoms with van der Waals surface area (Å²) in [7, 11) is 4.46. The van der Waals surface area contributed by atoms with E-state index in [1.54, 1.807) is 20.3 Å². The van der Waals surface area contributed by atoms with E-state index in [4.69, 9.17) is 19.9 Å². The van der Waals surface area contributed by atoms with Gasteiger partial charge in [-0.25, -0.2) is 14.8 Å². The molecule has 0 aliphatic carbocycles. The molecule has 2 atom stereocenters. The number of hydrogen-bond acceptors (Lipinski definition) is 8. The van der Waals surface area contributed by atoms with Gasteiger partial charge in [-0.2, -0.15) is 0 Å². The van der Waals surface area contributed by atoms with E-state index >= 15 is 0 Å². The molecule has 1 fully saturated rings. The summed E-state index contributed by atoms with van der Waals surface area (Å²) in [5, 5.41) is 0.663. The number of esters is 1. The Morgan fingerprint density at radius 3 is 2.45 bits per heavy atom. The number of rotatable bonds is 6. The second-order valence-corrected chi connectivity index (χ2v) is 7.63. The summed E-state index contributed by atoms with van der Waals surface area (Å²) in [5.74, 6) is 0.745. The lowest BCUT2D eigenvalue weighted by atomic mass is 10.1. The van der Waals surface area contributed by atoms with E-state index in [2.05, 4.69) is 16.5 Å². The van der Waals surface area contributed by atoms with Crippen LogP contribution in [0.4, 0.5) is 5.82 Å². The minimum absolute atomic E-state index is 0.240. The molecule has 2 aromatic heterocycles. The van der Waals surface area contributed by atoms with Crippen LogP contribution in [0.5, 0.6) is 11.5 Å². The summed E-state index contributed by atoms with van der Waals surface area (Å²) < 4.78 is 17.7. The molecule has 1 saturated heterocycles. The summed E-state index contributed by atoms with van der Waals surface area (Å²) in [6.45, 7) is 3.84. The number of carbonyl (C=O) groups is 2. The molecule has 10 heteroatoms. The van der Waals surface area contributed by atoms with Crippen molar-refractivity contribution >= 4 is 28.7 Å². The Bertz CT molecular complexity index is 1220. The standard InChI is InChI=1S/C23H25N5O5/c1-5-19(29)28-10-14(8-18(28)23(30)33-4)27-11-17(20-21(24)25-12-26-22(20)27)13-6-15(31-2)9-16(7-13)32-3/h5-7,9,11-12,14,18H,1,8,10H2,2-4H3,(H2,24,25,26)/t14-,18-/m0/s1. The quantitative estimate of drug-likeness (QED) is 0.447. The number of amides is 1. The Hall–Kier alpha value is -4.08. The fourth-order valence-electron chi connectivity index (χ4n) is 4.30. The predicted molar refractivity (Wildman–Crippen MR) is 122 cm³/mol. The first kappa shape index (κ1) is 22.1. The van der Waals surface area contributed by atoms with E-state index in [9.17, 15) is 9.59 Å². The Balaban J connectivity index is 1.86. The Labute approximate surface area is 190 Å². The Kier molecular flexibility index (Phi) is 5.91. The average Bonchev–Trinajstić information content (AvgIpc) is 3.45. The van der Waals surface area contributed by atoms with Crippen LogP contribution in [-0.2, 0) is 14.3 Å². The second-order valence-electron chi connectivity index (χ2n) is 7.63. The van der Waals surface area contributed by atoms with Gasteiger partial charge in [0.2, 0.25) is 5.91 Å². The molecule has 1 aromatic carbocycles. The number of methoxy groups -OCH3 is 3. The fourth-order valence-corrected chi connectivity index (χ4v) is 4.30. The highest BCUT2D eigenvalue weighted by atomic mass is 16.5. The van der Waals surface area contributed by atoms with Crippen LogP contribution in [-0.4, -0.2) is 65.2 Å². The first-order chi connectivity index (χ1) is 15.9. The van der Waals surface area contributed by atoms with Crippen LogP contribution >= 0.6 is 0 Å². The highest BCUT2D eigenvalue weighted by molar-refractivity contribution is 6.01. The van der Waals surface area contributed by atoms with Gasteiger partial charge in [0.05, 0.1) is 32.8 Å². The van der Waals surface area contributed by atoms with Gasteiger partial charge in [0.25, 0.3) is 0 Å². The maximum Gasteiger partial charge on any atom is 0.328 e.